The number of carbonyl (C=O) groups excluding carboxylic acids is 2. The Balaban J connectivity index is 1.48. The van der Waals surface area contributed by atoms with E-state index in [9.17, 15) is 19.5 Å². The van der Waals surface area contributed by atoms with Crippen molar-refractivity contribution in [2.24, 2.45) is 5.92 Å². The van der Waals surface area contributed by atoms with E-state index in [0.29, 0.717) is 12.3 Å². The van der Waals surface area contributed by atoms with Crippen molar-refractivity contribution < 1.29 is 19.5 Å². The van der Waals surface area contributed by atoms with Crippen molar-refractivity contribution in [3.8, 4) is 0 Å². The quantitative estimate of drug-likeness (QED) is 0.523. The molecule has 1 aliphatic carbocycles. The number of anilines is 1. The molecule has 0 aliphatic heterocycles. The molecule has 1 unspecified atom stereocenters. The topological polar surface area (TPSA) is 95.5 Å². The van der Waals surface area contributed by atoms with Crippen LogP contribution in [0.1, 0.15) is 75.8 Å². The van der Waals surface area contributed by atoms with Crippen LogP contribution in [0.15, 0.2) is 54.6 Å². The Labute approximate surface area is 195 Å². The molecule has 1 fully saturated rings. The molecule has 0 saturated heterocycles. The molecule has 0 heterocycles. The first kappa shape index (κ1) is 24.5. The lowest BCUT2D eigenvalue weighted by Crippen LogP contribution is -2.51. The van der Waals surface area contributed by atoms with Gasteiger partial charge >= 0.3 is 5.97 Å². The van der Waals surface area contributed by atoms with E-state index in [-0.39, 0.29) is 23.7 Å². The Morgan fingerprint density at radius 3 is 2.15 bits per heavy atom. The van der Waals surface area contributed by atoms with E-state index in [0.717, 1.165) is 36.9 Å². The van der Waals surface area contributed by atoms with Crippen molar-refractivity contribution in [2.45, 2.75) is 70.3 Å². The van der Waals surface area contributed by atoms with Crippen molar-refractivity contribution >= 4 is 23.5 Å². The van der Waals surface area contributed by atoms with Crippen LogP contribution >= 0.6 is 0 Å². The molecule has 1 saturated carbocycles. The number of hydrogen-bond acceptors (Lipinski definition) is 3. The normalized spacial score (nSPS) is 19.4. The van der Waals surface area contributed by atoms with E-state index < -0.39 is 11.5 Å². The highest BCUT2D eigenvalue weighted by atomic mass is 16.4. The monoisotopic (exact) mass is 450 g/mol. The average molecular weight is 451 g/mol. The van der Waals surface area contributed by atoms with Gasteiger partial charge in [-0.15, -0.1) is 0 Å². The maximum Gasteiger partial charge on any atom is 0.328 e. The van der Waals surface area contributed by atoms with Gasteiger partial charge in [0.2, 0.25) is 11.8 Å². The summed E-state index contributed by atoms with van der Waals surface area (Å²) in [5, 5.41) is 14.8. The molecule has 3 N–H and O–H groups in total. The Morgan fingerprint density at radius 1 is 0.970 bits per heavy atom. The molecule has 1 atom stereocenters. The van der Waals surface area contributed by atoms with Crippen molar-refractivity contribution in [1.82, 2.24) is 5.32 Å². The summed E-state index contributed by atoms with van der Waals surface area (Å²) >= 11 is 0. The number of amides is 2. The highest BCUT2D eigenvalue weighted by Crippen LogP contribution is 2.36. The molecule has 2 aromatic rings. The molecule has 2 amide bonds. The van der Waals surface area contributed by atoms with Gasteiger partial charge in [0.1, 0.15) is 5.54 Å². The highest BCUT2D eigenvalue weighted by molar-refractivity contribution is 5.91. The molecule has 176 valence electrons. The van der Waals surface area contributed by atoms with Crippen LogP contribution in [-0.4, -0.2) is 28.4 Å². The predicted octanol–water partition coefficient (Wildman–Crippen LogP) is 5.07. The van der Waals surface area contributed by atoms with Gasteiger partial charge in [0, 0.05) is 18.0 Å². The van der Waals surface area contributed by atoms with Gasteiger partial charge in [-0.3, -0.25) is 9.59 Å². The Morgan fingerprint density at radius 2 is 1.58 bits per heavy atom. The summed E-state index contributed by atoms with van der Waals surface area (Å²) in [6.07, 6.45) is 3.67. The van der Waals surface area contributed by atoms with Crippen LogP contribution in [0.5, 0.6) is 0 Å². The Kier molecular flexibility index (Phi) is 7.90. The second kappa shape index (κ2) is 10.6. The number of aliphatic carboxylic acids is 1. The van der Waals surface area contributed by atoms with Crippen LogP contribution in [0, 0.1) is 5.92 Å². The zero-order valence-electron chi connectivity index (χ0n) is 19.6. The van der Waals surface area contributed by atoms with Gasteiger partial charge in [-0.05, 0) is 74.6 Å². The lowest BCUT2D eigenvalue weighted by molar-refractivity contribution is -0.146. The third-order valence-electron chi connectivity index (χ3n) is 6.59. The maximum atomic E-state index is 12.5. The van der Waals surface area contributed by atoms with Gasteiger partial charge in [-0.1, -0.05) is 49.4 Å². The van der Waals surface area contributed by atoms with Crippen LogP contribution < -0.4 is 10.6 Å². The molecule has 33 heavy (non-hydrogen) atoms. The lowest BCUT2D eigenvalue weighted by atomic mass is 9.78. The fraction of sp³-hybridized carbons (Fsp3) is 0.444. The number of carboxylic acids is 1. The first-order valence-corrected chi connectivity index (χ1v) is 11.7. The number of hydrogen-bond donors (Lipinski definition) is 3. The van der Waals surface area contributed by atoms with Crippen molar-refractivity contribution in [1.29, 1.82) is 0 Å². The number of benzene rings is 2. The van der Waals surface area contributed by atoms with Gasteiger partial charge in [-0.25, -0.2) is 4.79 Å². The summed E-state index contributed by atoms with van der Waals surface area (Å²) in [7, 11) is 0. The molecule has 0 spiro atoms. The van der Waals surface area contributed by atoms with Gasteiger partial charge < -0.3 is 15.7 Å². The molecule has 0 radical (unpaired) electrons. The number of rotatable bonds is 8. The van der Waals surface area contributed by atoms with E-state index >= 15 is 0 Å². The van der Waals surface area contributed by atoms with Gasteiger partial charge in [0.15, 0.2) is 0 Å². The zero-order valence-corrected chi connectivity index (χ0v) is 19.6. The van der Waals surface area contributed by atoms with Crippen LogP contribution in [-0.2, 0) is 14.4 Å². The largest absolute Gasteiger partial charge is 0.480 e. The van der Waals surface area contributed by atoms with Crippen LogP contribution in [0.2, 0.25) is 0 Å². The van der Waals surface area contributed by atoms with E-state index in [1.807, 2.05) is 42.5 Å². The fourth-order valence-corrected chi connectivity index (χ4v) is 4.38. The third-order valence-corrected chi connectivity index (χ3v) is 6.59. The minimum absolute atomic E-state index is 0.00471. The molecule has 1 aliphatic rings. The van der Waals surface area contributed by atoms with E-state index in [1.54, 1.807) is 0 Å². The molecular weight excluding hydrogens is 416 g/mol. The smallest absolute Gasteiger partial charge is 0.328 e. The number of carbonyl (C=O) groups is 3. The van der Waals surface area contributed by atoms with Crippen LogP contribution in [0.3, 0.4) is 0 Å². The van der Waals surface area contributed by atoms with Crippen LogP contribution in [0.4, 0.5) is 5.69 Å². The Bertz CT molecular complexity index is 961. The molecule has 0 bridgehead atoms. The molecule has 0 aromatic heterocycles. The molecule has 2 aromatic carbocycles. The predicted molar refractivity (Wildman–Crippen MR) is 129 cm³/mol. The zero-order chi connectivity index (χ0) is 24.0. The summed E-state index contributed by atoms with van der Waals surface area (Å²) in [4.78, 5) is 36.1. The minimum Gasteiger partial charge on any atom is -0.480 e. The SMILES string of the molecule is CC(CC(=O)Nc1ccc(C2CCC(C(=O)NC(C)(C)C(=O)O)CC2)cc1)c1ccccc1. The van der Waals surface area contributed by atoms with Gasteiger partial charge in [0.25, 0.3) is 0 Å². The second-order valence-corrected chi connectivity index (χ2v) is 9.65. The van der Waals surface area contributed by atoms with E-state index in [1.165, 1.54) is 19.4 Å². The minimum atomic E-state index is -1.26. The van der Waals surface area contributed by atoms with Crippen molar-refractivity contribution in [3.63, 3.8) is 0 Å². The van der Waals surface area contributed by atoms with Crippen LogP contribution in [0.25, 0.3) is 0 Å². The fourth-order valence-electron chi connectivity index (χ4n) is 4.38. The van der Waals surface area contributed by atoms with E-state index in [4.69, 9.17) is 0 Å². The summed E-state index contributed by atoms with van der Waals surface area (Å²) < 4.78 is 0. The second-order valence-electron chi connectivity index (χ2n) is 9.65. The average Bonchev–Trinajstić information content (AvgIpc) is 2.80. The standard InChI is InChI=1S/C27H34N2O4/c1-18(19-7-5-4-6-8-19)17-24(30)28-23-15-13-21(14-16-23)20-9-11-22(12-10-20)25(31)29-27(2,3)26(32)33/h4-8,13-16,18,20,22H,9-12,17H2,1-3H3,(H,28,30)(H,29,31)(H,32,33). The van der Waals surface area contributed by atoms with Crippen molar-refractivity contribution in [2.75, 3.05) is 5.32 Å². The highest BCUT2D eigenvalue weighted by Gasteiger charge is 2.33. The van der Waals surface area contributed by atoms with Gasteiger partial charge in [-0.2, -0.15) is 0 Å². The first-order chi connectivity index (χ1) is 15.7. The lowest BCUT2D eigenvalue weighted by Gasteiger charge is -2.30. The summed E-state index contributed by atoms with van der Waals surface area (Å²) in [5.74, 6) is -0.849. The molecule has 3 rings (SSSR count). The molecule has 6 heteroatoms. The number of carboxylic acid groups (broad SMARTS) is 1. The number of nitrogens with one attached hydrogen (secondary N) is 2. The summed E-state index contributed by atoms with van der Waals surface area (Å²) in [6, 6.07) is 18.0. The van der Waals surface area contributed by atoms with Crippen molar-refractivity contribution in [3.05, 3.63) is 65.7 Å². The maximum absolute atomic E-state index is 12.5. The molecular formula is C27H34N2O4. The van der Waals surface area contributed by atoms with E-state index in [2.05, 4.69) is 29.7 Å². The van der Waals surface area contributed by atoms with Gasteiger partial charge in [0.05, 0.1) is 0 Å². The molecule has 6 nitrogen and oxygen atoms in total. The summed E-state index contributed by atoms with van der Waals surface area (Å²) in [6.45, 7) is 5.06. The Hall–Kier alpha value is -3.15. The third kappa shape index (κ3) is 6.67. The first-order valence-electron chi connectivity index (χ1n) is 11.7. The summed E-state index contributed by atoms with van der Waals surface area (Å²) in [5.41, 5.74) is 1.88.